The van der Waals surface area contributed by atoms with Crippen molar-refractivity contribution in [3.63, 3.8) is 0 Å². The third kappa shape index (κ3) is 4.71. The number of nitrogens with zero attached hydrogens (tertiary/aromatic N) is 1. The van der Waals surface area contributed by atoms with Crippen LogP contribution in [0.1, 0.15) is 31.5 Å². The van der Waals surface area contributed by atoms with Gasteiger partial charge < -0.3 is 0 Å². The molecule has 1 aromatic heterocycles. The highest BCUT2D eigenvalue weighted by molar-refractivity contribution is 7.87. The number of nitrogens with one attached hydrogen (secondary N) is 2. The van der Waals surface area contributed by atoms with Crippen molar-refractivity contribution in [2.24, 2.45) is 0 Å². The average molecular weight is 277 g/mol. The lowest BCUT2D eigenvalue weighted by molar-refractivity contribution is 0.567. The fraction of sp³-hybridized carbons (Fsp3) is 0.700. The molecule has 0 saturated heterocycles. The molecule has 0 atom stereocenters. The Labute approximate surface area is 107 Å². The van der Waals surface area contributed by atoms with Crippen LogP contribution in [0.5, 0.6) is 0 Å². The van der Waals surface area contributed by atoms with Gasteiger partial charge in [0.25, 0.3) is 10.2 Å². The Hall–Kier alpha value is -0.500. The Morgan fingerprint density at radius 2 is 2.06 bits per heavy atom. The average Bonchev–Trinajstić information content (AvgIpc) is 2.66. The van der Waals surface area contributed by atoms with Gasteiger partial charge >= 0.3 is 0 Å². The highest BCUT2D eigenvalue weighted by atomic mass is 32.2. The summed E-state index contributed by atoms with van der Waals surface area (Å²) in [6.45, 7) is 6.68. The van der Waals surface area contributed by atoms with Gasteiger partial charge in [0.1, 0.15) is 0 Å². The topological polar surface area (TPSA) is 71.1 Å². The standard InChI is InChI=1S/C10H19N3O2S2/c1-10(2,3)8-7-16-9(13-8)5-6-12-17(14,15)11-4/h7,11-12H,5-6H2,1-4H3. The molecule has 2 N–H and O–H groups in total. The summed E-state index contributed by atoms with van der Waals surface area (Å²) in [5.74, 6) is 0. The van der Waals surface area contributed by atoms with E-state index in [1.165, 1.54) is 7.05 Å². The van der Waals surface area contributed by atoms with Crippen LogP contribution in [-0.4, -0.2) is 27.0 Å². The molecule has 0 aromatic carbocycles. The van der Waals surface area contributed by atoms with Crippen LogP contribution in [0.4, 0.5) is 0 Å². The normalized spacial score (nSPS) is 12.9. The summed E-state index contributed by atoms with van der Waals surface area (Å²) >= 11 is 1.57. The highest BCUT2D eigenvalue weighted by Gasteiger charge is 2.17. The Balaban J connectivity index is 2.52. The van der Waals surface area contributed by atoms with E-state index in [9.17, 15) is 8.42 Å². The first-order chi connectivity index (χ1) is 7.74. The van der Waals surface area contributed by atoms with E-state index in [-0.39, 0.29) is 5.41 Å². The first-order valence-electron chi connectivity index (χ1n) is 5.37. The first kappa shape index (κ1) is 14.6. The predicted octanol–water partition coefficient (Wildman–Crippen LogP) is 1.04. The monoisotopic (exact) mass is 277 g/mol. The molecule has 0 spiro atoms. The van der Waals surface area contributed by atoms with Crippen LogP contribution in [0.15, 0.2) is 5.38 Å². The van der Waals surface area contributed by atoms with E-state index in [0.717, 1.165) is 10.7 Å². The van der Waals surface area contributed by atoms with E-state index in [1.807, 2.05) is 5.38 Å². The van der Waals surface area contributed by atoms with Gasteiger partial charge in [0, 0.05) is 30.8 Å². The fourth-order valence-corrected chi connectivity index (χ4v) is 2.67. The SMILES string of the molecule is CNS(=O)(=O)NCCc1nc(C(C)(C)C)cs1. The lowest BCUT2D eigenvalue weighted by atomic mass is 9.93. The van der Waals surface area contributed by atoms with Gasteiger partial charge in [-0.25, -0.2) is 14.4 Å². The largest absolute Gasteiger partial charge is 0.276 e. The Kier molecular flexibility index (Phi) is 4.65. The van der Waals surface area contributed by atoms with Crippen molar-refractivity contribution in [3.8, 4) is 0 Å². The van der Waals surface area contributed by atoms with E-state index >= 15 is 0 Å². The number of rotatable bonds is 5. The molecule has 17 heavy (non-hydrogen) atoms. The summed E-state index contributed by atoms with van der Waals surface area (Å²) in [6.07, 6.45) is 0.613. The van der Waals surface area contributed by atoms with E-state index in [0.29, 0.717) is 13.0 Å². The third-order valence-electron chi connectivity index (χ3n) is 2.22. The number of aromatic nitrogens is 1. The summed E-state index contributed by atoms with van der Waals surface area (Å²) in [4.78, 5) is 4.49. The summed E-state index contributed by atoms with van der Waals surface area (Å²) in [5.41, 5.74) is 1.09. The fourth-order valence-electron chi connectivity index (χ4n) is 1.13. The van der Waals surface area contributed by atoms with E-state index in [1.54, 1.807) is 11.3 Å². The van der Waals surface area contributed by atoms with Gasteiger partial charge in [-0.1, -0.05) is 20.8 Å². The Bertz CT molecular complexity index is 460. The van der Waals surface area contributed by atoms with E-state index in [2.05, 4.69) is 35.2 Å². The molecule has 0 radical (unpaired) electrons. The summed E-state index contributed by atoms with van der Waals surface area (Å²) in [6, 6.07) is 0. The maximum absolute atomic E-state index is 11.1. The number of thiazole rings is 1. The highest BCUT2D eigenvalue weighted by Crippen LogP contribution is 2.23. The molecule has 98 valence electrons. The van der Waals surface area contributed by atoms with Crippen molar-refractivity contribution >= 4 is 21.5 Å². The zero-order chi connectivity index (χ0) is 13.1. The predicted molar refractivity (Wildman–Crippen MR) is 70.5 cm³/mol. The minimum Gasteiger partial charge on any atom is -0.246 e. The Morgan fingerprint density at radius 3 is 2.53 bits per heavy atom. The molecule has 0 bridgehead atoms. The second kappa shape index (κ2) is 5.43. The molecule has 0 aliphatic rings. The molecule has 0 amide bonds. The molecular formula is C10H19N3O2S2. The van der Waals surface area contributed by atoms with Crippen molar-refractivity contribution in [2.75, 3.05) is 13.6 Å². The lowest BCUT2D eigenvalue weighted by Crippen LogP contribution is -2.35. The molecule has 7 heteroatoms. The van der Waals surface area contributed by atoms with Gasteiger partial charge in [-0.15, -0.1) is 11.3 Å². The maximum atomic E-state index is 11.1. The molecule has 0 aliphatic carbocycles. The summed E-state index contributed by atoms with van der Waals surface area (Å²) < 4.78 is 26.9. The van der Waals surface area contributed by atoms with Crippen LogP contribution in [0.25, 0.3) is 0 Å². The van der Waals surface area contributed by atoms with Gasteiger partial charge in [0.2, 0.25) is 0 Å². The van der Waals surface area contributed by atoms with Crippen molar-refractivity contribution in [3.05, 3.63) is 16.1 Å². The minimum absolute atomic E-state index is 0.0409. The second-order valence-corrected chi connectivity index (χ2v) is 7.37. The molecule has 0 aliphatic heterocycles. The van der Waals surface area contributed by atoms with Gasteiger partial charge in [-0.3, -0.25) is 0 Å². The molecule has 0 saturated carbocycles. The van der Waals surface area contributed by atoms with Crippen molar-refractivity contribution in [1.29, 1.82) is 0 Å². The molecule has 0 unspecified atom stereocenters. The molecule has 1 heterocycles. The van der Waals surface area contributed by atoms with Crippen LogP contribution in [0.2, 0.25) is 0 Å². The molecule has 0 fully saturated rings. The molecular weight excluding hydrogens is 258 g/mol. The quantitative estimate of drug-likeness (QED) is 0.844. The van der Waals surface area contributed by atoms with E-state index < -0.39 is 10.2 Å². The molecule has 5 nitrogen and oxygen atoms in total. The third-order valence-corrected chi connectivity index (χ3v) is 4.25. The van der Waals surface area contributed by atoms with Crippen molar-refractivity contribution in [1.82, 2.24) is 14.4 Å². The second-order valence-electron chi connectivity index (χ2n) is 4.73. The van der Waals surface area contributed by atoms with Crippen LogP contribution in [0.3, 0.4) is 0 Å². The van der Waals surface area contributed by atoms with Crippen LogP contribution < -0.4 is 9.44 Å². The van der Waals surface area contributed by atoms with Crippen LogP contribution in [0, 0.1) is 0 Å². The number of hydrogen-bond acceptors (Lipinski definition) is 4. The minimum atomic E-state index is -3.33. The van der Waals surface area contributed by atoms with Gasteiger partial charge in [-0.2, -0.15) is 8.42 Å². The number of hydrogen-bond donors (Lipinski definition) is 2. The summed E-state index contributed by atoms with van der Waals surface area (Å²) in [7, 11) is -1.96. The van der Waals surface area contributed by atoms with E-state index in [4.69, 9.17) is 0 Å². The maximum Gasteiger partial charge on any atom is 0.276 e. The van der Waals surface area contributed by atoms with Gasteiger partial charge in [0.15, 0.2) is 0 Å². The zero-order valence-corrected chi connectivity index (χ0v) is 12.2. The summed E-state index contributed by atoms with van der Waals surface area (Å²) in [5, 5.41) is 2.98. The lowest BCUT2D eigenvalue weighted by Gasteiger charge is -2.14. The van der Waals surface area contributed by atoms with Gasteiger partial charge in [-0.05, 0) is 0 Å². The first-order valence-corrected chi connectivity index (χ1v) is 7.74. The van der Waals surface area contributed by atoms with Gasteiger partial charge in [0.05, 0.1) is 10.7 Å². The van der Waals surface area contributed by atoms with Crippen molar-refractivity contribution < 1.29 is 8.42 Å². The molecule has 1 rings (SSSR count). The van der Waals surface area contributed by atoms with Crippen LogP contribution in [-0.2, 0) is 22.0 Å². The van der Waals surface area contributed by atoms with Crippen molar-refractivity contribution in [2.45, 2.75) is 32.6 Å². The molecule has 1 aromatic rings. The van der Waals surface area contributed by atoms with Crippen LogP contribution >= 0.6 is 11.3 Å². The smallest absolute Gasteiger partial charge is 0.246 e. The Morgan fingerprint density at radius 1 is 1.41 bits per heavy atom. The zero-order valence-electron chi connectivity index (χ0n) is 10.6.